The van der Waals surface area contributed by atoms with Crippen molar-refractivity contribution in [3.05, 3.63) is 322 Å². The first-order valence-corrected chi connectivity index (χ1v) is 39.9. The first-order valence-electron chi connectivity index (χ1n) is 38.7. The molecule has 8 aromatic carbocycles. The van der Waals surface area contributed by atoms with Gasteiger partial charge in [0.15, 0.2) is 23.3 Å². The van der Waals surface area contributed by atoms with E-state index >= 15 is 0 Å². The molecule has 0 saturated heterocycles. The number of hydrogen-bond donors (Lipinski definition) is 5. The summed E-state index contributed by atoms with van der Waals surface area (Å²) in [7, 11) is 0. The van der Waals surface area contributed by atoms with Gasteiger partial charge in [-0.3, -0.25) is 19.2 Å². The van der Waals surface area contributed by atoms with Crippen LogP contribution in [0, 0.1) is 5.82 Å². The summed E-state index contributed by atoms with van der Waals surface area (Å²) in [6.07, 6.45) is 15.6. The molecule has 5 N–H and O–H groups in total. The molecule has 0 spiro atoms. The van der Waals surface area contributed by atoms with E-state index in [9.17, 15) is 28.7 Å². The Morgan fingerprint density at radius 2 is 0.586 bits per heavy atom. The monoisotopic (exact) mass is 1620 g/mol. The third-order valence-electron chi connectivity index (χ3n) is 19.5. The molecule has 0 atom stereocenters. The van der Waals surface area contributed by atoms with Crippen LogP contribution in [0.1, 0.15) is 145 Å². The maximum atomic E-state index is 13.1. The molecule has 0 bridgehead atoms. The molecule has 4 aliphatic rings. The fraction of sp³-hybridized carbons (Fsp3) is 0.208. The van der Waals surface area contributed by atoms with Crippen molar-refractivity contribution in [3.63, 3.8) is 0 Å². The summed E-state index contributed by atoms with van der Waals surface area (Å²) in [6, 6.07) is 60.8. The molecule has 116 heavy (non-hydrogen) atoms. The minimum Gasteiger partial charge on any atom is -0.508 e. The van der Waals surface area contributed by atoms with E-state index in [4.69, 9.17) is 51.5 Å². The maximum Gasteiger partial charge on any atom is 0.230 e. The Hall–Kier alpha value is -12.6. The number of aromatic hydroxyl groups is 1. The number of phenolic OH excluding ortho intramolecular Hbond substituents is 1. The Morgan fingerprint density at radius 1 is 0.345 bits per heavy atom. The van der Waals surface area contributed by atoms with E-state index < -0.39 is 0 Å². The van der Waals surface area contributed by atoms with Crippen molar-refractivity contribution in [1.82, 2.24) is 39.9 Å². The molecule has 12 aromatic rings. The van der Waals surface area contributed by atoms with Gasteiger partial charge in [-0.15, -0.1) is 0 Å². The van der Waals surface area contributed by atoms with Crippen LogP contribution in [-0.2, 0) is 96.2 Å². The highest BCUT2D eigenvalue weighted by molar-refractivity contribution is 9.10. The predicted octanol–water partition coefficient (Wildman–Crippen LogP) is 20.6. The zero-order valence-corrected chi connectivity index (χ0v) is 68.4. The molecule has 0 fully saturated rings. The average Bonchev–Trinajstić information content (AvgIpc) is 0.791. The van der Waals surface area contributed by atoms with Crippen LogP contribution < -0.4 is 21.3 Å². The van der Waals surface area contributed by atoms with E-state index in [2.05, 4.69) is 97.9 Å². The summed E-state index contributed by atoms with van der Waals surface area (Å²) in [6.45, 7) is 16.0. The van der Waals surface area contributed by atoms with Crippen LogP contribution in [0.5, 0.6) is 5.75 Å². The molecule has 0 saturated carbocycles. The highest BCUT2D eigenvalue weighted by Crippen LogP contribution is 2.38. The van der Waals surface area contributed by atoms with E-state index in [1.807, 2.05) is 152 Å². The summed E-state index contributed by atoms with van der Waals surface area (Å²) in [5.74, 6) is 1.29. The van der Waals surface area contributed by atoms with Gasteiger partial charge in [-0.05, 0) is 224 Å². The minimum absolute atomic E-state index is 0.0961. The molecule has 4 aromatic heterocycles. The molecule has 20 heteroatoms. The van der Waals surface area contributed by atoms with Crippen molar-refractivity contribution in [3.8, 4) is 50.8 Å². The van der Waals surface area contributed by atoms with Gasteiger partial charge in [-0.1, -0.05) is 195 Å². The number of phenols is 1. The van der Waals surface area contributed by atoms with Gasteiger partial charge >= 0.3 is 0 Å². The van der Waals surface area contributed by atoms with Crippen LogP contribution in [0.3, 0.4) is 0 Å². The fourth-order valence-electron chi connectivity index (χ4n) is 14.1. The minimum atomic E-state index is -0.319. The van der Waals surface area contributed by atoms with E-state index in [0.29, 0.717) is 57.5 Å². The molecule has 4 heterocycles. The number of rotatable bonds is 16. The normalized spacial score (nSPS) is 12.0. The molecule has 584 valence electrons. The summed E-state index contributed by atoms with van der Waals surface area (Å²) in [5.41, 5.74) is 27.4. The molecular weight excluding hydrogens is 1540 g/mol. The number of anilines is 4. The van der Waals surface area contributed by atoms with Gasteiger partial charge in [0, 0.05) is 31.7 Å². The van der Waals surface area contributed by atoms with Crippen molar-refractivity contribution in [2.24, 2.45) is 0 Å². The molecule has 0 unspecified atom stereocenters. The Labute approximate surface area is 689 Å². The van der Waals surface area contributed by atoms with E-state index in [1.54, 1.807) is 48.5 Å². The van der Waals surface area contributed by atoms with Gasteiger partial charge in [0.25, 0.3) is 0 Å². The third-order valence-corrected chi connectivity index (χ3v) is 20.2. The number of nitrogens with one attached hydrogen (secondary N) is 4. The van der Waals surface area contributed by atoms with Gasteiger partial charge in [0.1, 0.15) is 34.3 Å². The van der Waals surface area contributed by atoms with Crippen LogP contribution >= 0.6 is 27.5 Å². The number of aromatic nitrogens is 8. The summed E-state index contributed by atoms with van der Waals surface area (Å²) < 4.78 is 14.1. The van der Waals surface area contributed by atoms with Crippen molar-refractivity contribution in [2.75, 3.05) is 21.3 Å². The number of carbonyl (C=O) groups excluding carboxylic acids is 4. The predicted molar refractivity (Wildman–Crippen MR) is 466 cm³/mol. The number of benzene rings is 8. The fourth-order valence-corrected chi connectivity index (χ4v) is 14.5. The smallest absolute Gasteiger partial charge is 0.230 e. The SMILES string of the molecule is CC(C)=Cc1nc2c(nc1NC(=O)Cc1ccc(Br)cc1)CCc1ccccc1-2.CC(C)=Cc1nc2c(nc1NC(=O)Cc1ccc(Cl)cc1)CCc1ccccc1-2.CC(C)=Cc1nc2c(nc1NC(=O)Cc1ccc(F)cc1)CCc1ccccc1-2.CC(C)=Cc1nc2c(nc1NC(=O)Cc1ccc(O)cc1)CCc1ccccc1-2. The van der Waals surface area contributed by atoms with Crippen LogP contribution in [0.2, 0.25) is 5.02 Å². The topological polar surface area (TPSA) is 240 Å². The number of amides is 4. The number of allylic oxidation sites excluding steroid dienone is 4. The van der Waals surface area contributed by atoms with Crippen molar-refractivity contribution >= 4 is 98.7 Å². The van der Waals surface area contributed by atoms with E-state index in [1.165, 1.54) is 34.4 Å². The van der Waals surface area contributed by atoms with Gasteiger partial charge in [0.05, 0.1) is 71.2 Å². The lowest BCUT2D eigenvalue weighted by Gasteiger charge is -2.20. The van der Waals surface area contributed by atoms with Crippen LogP contribution in [0.25, 0.3) is 69.3 Å². The lowest BCUT2D eigenvalue weighted by atomic mass is 9.92. The Bertz CT molecular complexity index is 5120. The van der Waals surface area contributed by atoms with E-state index in [0.717, 1.165) is 168 Å². The standard InChI is InChI=1S/C24H22BrN3O.C24H22ClN3O.C24H22FN3O.C24H23N3O2/c3*1-15(2)13-21-24(28-22(29)14-16-7-10-18(25)11-8-16)27-20-12-9-17-5-3-4-6-19(17)23(20)26-21;1-15(2)13-21-24(27-22(29)14-16-7-10-18(28)11-8-16)26-20-12-9-17-5-3-4-6-19(17)23(20)25-21/h3*3-8,10-11,13H,9,12,14H2,1-2H3,(H,27,28,29);3-8,10-11,13,28H,9,12,14H2,1-2H3,(H,26,27,29). The average molecular weight is 1630 g/mol. The second-order valence-corrected chi connectivity index (χ2v) is 31.3. The third kappa shape index (κ3) is 21.2. The number of hydrogen-bond acceptors (Lipinski definition) is 13. The quantitative estimate of drug-likeness (QED) is 0.0606. The molecule has 4 amide bonds. The van der Waals surface area contributed by atoms with Crippen molar-refractivity contribution in [2.45, 2.75) is 132 Å². The molecule has 0 radical (unpaired) electrons. The molecule has 0 aliphatic heterocycles. The van der Waals surface area contributed by atoms with Crippen LogP contribution in [0.4, 0.5) is 27.7 Å². The highest BCUT2D eigenvalue weighted by Gasteiger charge is 2.27. The zero-order chi connectivity index (χ0) is 81.5. The van der Waals surface area contributed by atoms with Crippen LogP contribution in [-0.4, -0.2) is 68.6 Å². The first kappa shape index (κ1) is 81.4. The van der Waals surface area contributed by atoms with Gasteiger partial charge in [-0.2, -0.15) is 0 Å². The number of nitrogens with zero attached hydrogens (tertiary/aromatic N) is 8. The maximum absolute atomic E-state index is 13.1. The lowest BCUT2D eigenvalue weighted by Crippen LogP contribution is -2.19. The van der Waals surface area contributed by atoms with Crippen LogP contribution in [0.15, 0.2) is 221 Å². The highest BCUT2D eigenvalue weighted by atomic mass is 79.9. The molecule has 16 rings (SSSR count). The van der Waals surface area contributed by atoms with Gasteiger partial charge in [0.2, 0.25) is 23.6 Å². The summed E-state index contributed by atoms with van der Waals surface area (Å²) in [4.78, 5) is 89.2. The zero-order valence-electron chi connectivity index (χ0n) is 66.1. The van der Waals surface area contributed by atoms with Crippen molar-refractivity contribution in [1.29, 1.82) is 0 Å². The molecule has 17 nitrogen and oxygen atoms in total. The summed E-state index contributed by atoms with van der Waals surface area (Å²) in [5, 5.41) is 21.8. The van der Waals surface area contributed by atoms with Crippen molar-refractivity contribution < 1.29 is 28.7 Å². The van der Waals surface area contributed by atoms with E-state index in [-0.39, 0.29) is 54.5 Å². The first-order chi connectivity index (χ1) is 56.0. The van der Waals surface area contributed by atoms with Gasteiger partial charge in [-0.25, -0.2) is 44.3 Å². The Balaban J connectivity index is 0.000000135. The second-order valence-electron chi connectivity index (χ2n) is 30.0. The molecule has 4 aliphatic carbocycles. The summed E-state index contributed by atoms with van der Waals surface area (Å²) >= 11 is 9.34. The lowest BCUT2D eigenvalue weighted by molar-refractivity contribution is -0.116. The number of fused-ring (bicyclic) bond motifs is 12. The Morgan fingerprint density at radius 3 is 0.853 bits per heavy atom. The number of carbonyl (C=O) groups is 4. The van der Waals surface area contributed by atoms with Gasteiger partial charge < -0.3 is 26.4 Å². The Kier molecular flexibility index (Phi) is 26.4. The molecular formula is C96H89BrClFN12O5. The largest absolute Gasteiger partial charge is 0.508 e. The number of halogens is 3. The second kappa shape index (κ2) is 37.6. The number of aryl methyl sites for hydroxylation is 8.